The van der Waals surface area contributed by atoms with E-state index in [0.717, 1.165) is 30.4 Å². The third kappa shape index (κ3) is 5.30. The molecule has 1 rings (SSSR count). The summed E-state index contributed by atoms with van der Waals surface area (Å²) in [6, 6.07) is 1.85. The molecule has 0 aliphatic carbocycles. The fourth-order valence-electron chi connectivity index (χ4n) is 2.02. The largest absolute Gasteiger partial charge is 0.369 e. The van der Waals surface area contributed by atoms with Crippen molar-refractivity contribution < 1.29 is 4.79 Å². The molecule has 1 unspecified atom stereocenters. The van der Waals surface area contributed by atoms with E-state index in [4.69, 9.17) is 0 Å². The number of nitrogens with one attached hydrogen (secondary N) is 1. The zero-order valence-corrected chi connectivity index (χ0v) is 15.0. The highest BCUT2D eigenvalue weighted by molar-refractivity contribution is 9.10. The first-order valence-corrected chi connectivity index (χ1v) is 8.51. The molecule has 0 fully saturated rings. The van der Waals surface area contributed by atoms with Crippen LogP contribution >= 0.6 is 15.9 Å². The first-order chi connectivity index (χ1) is 10.0. The van der Waals surface area contributed by atoms with Gasteiger partial charge in [-0.05, 0) is 41.3 Å². The molecule has 0 saturated carbocycles. The molecule has 0 spiro atoms. The molecule has 4 nitrogen and oxygen atoms in total. The number of halogens is 1. The molecular formula is C16H26BrN3O. The van der Waals surface area contributed by atoms with E-state index in [-0.39, 0.29) is 5.91 Å². The molecule has 1 amide bonds. The zero-order valence-electron chi connectivity index (χ0n) is 13.4. The lowest BCUT2D eigenvalue weighted by Gasteiger charge is -2.25. The molecular weight excluding hydrogens is 330 g/mol. The molecule has 1 N–H and O–H groups in total. The summed E-state index contributed by atoms with van der Waals surface area (Å²) in [5.41, 5.74) is 0.642. The van der Waals surface area contributed by atoms with Gasteiger partial charge in [-0.1, -0.05) is 27.2 Å². The summed E-state index contributed by atoms with van der Waals surface area (Å²) in [6.07, 6.45) is 3.79. The predicted molar refractivity (Wildman–Crippen MR) is 91.8 cm³/mol. The molecule has 1 heterocycles. The maximum atomic E-state index is 12.8. The average Bonchev–Trinajstić information content (AvgIpc) is 2.50. The van der Waals surface area contributed by atoms with Crippen molar-refractivity contribution in [2.24, 2.45) is 5.92 Å². The fourth-order valence-corrected chi connectivity index (χ4v) is 2.35. The Kier molecular flexibility index (Phi) is 7.72. The zero-order chi connectivity index (χ0) is 15.8. The molecule has 21 heavy (non-hydrogen) atoms. The second kappa shape index (κ2) is 9.03. The standard InChI is InChI=1S/C16H26BrN3O/c1-5-8-18-15-14(9-13(17)10-19-15)16(21)20(7-3)11-12(4)6-2/h9-10,12H,5-8,11H2,1-4H3,(H,18,19). The van der Waals surface area contributed by atoms with Crippen LogP contribution in [-0.2, 0) is 0 Å². The van der Waals surface area contributed by atoms with E-state index in [2.05, 4.69) is 47.0 Å². The van der Waals surface area contributed by atoms with Gasteiger partial charge in [-0.15, -0.1) is 0 Å². The molecule has 1 aromatic rings. The molecule has 0 aliphatic rings. The number of pyridine rings is 1. The van der Waals surface area contributed by atoms with Crippen LogP contribution in [0.15, 0.2) is 16.7 Å². The monoisotopic (exact) mass is 355 g/mol. The van der Waals surface area contributed by atoms with Crippen molar-refractivity contribution in [2.75, 3.05) is 25.0 Å². The Hall–Kier alpha value is -1.10. The Morgan fingerprint density at radius 2 is 2.14 bits per heavy atom. The second-order valence-corrected chi connectivity index (χ2v) is 6.25. The minimum Gasteiger partial charge on any atom is -0.369 e. The van der Waals surface area contributed by atoms with E-state index >= 15 is 0 Å². The van der Waals surface area contributed by atoms with E-state index in [9.17, 15) is 4.79 Å². The van der Waals surface area contributed by atoms with E-state index in [1.54, 1.807) is 6.20 Å². The van der Waals surface area contributed by atoms with Crippen LogP contribution in [0.3, 0.4) is 0 Å². The van der Waals surface area contributed by atoms with Crippen LogP contribution in [0.25, 0.3) is 0 Å². The van der Waals surface area contributed by atoms with Crippen molar-refractivity contribution in [3.63, 3.8) is 0 Å². The summed E-state index contributed by atoms with van der Waals surface area (Å²) in [5.74, 6) is 1.22. The maximum Gasteiger partial charge on any atom is 0.257 e. The van der Waals surface area contributed by atoms with Crippen molar-refractivity contribution in [2.45, 2.75) is 40.5 Å². The van der Waals surface area contributed by atoms with Crippen LogP contribution in [0.5, 0.6) is 0 Å². The average molecular weight is 356 g/mol. The molecule has 118 valence electrons. The van der Waals surface area contributed by atoms with Crippen LogP contribution in [0.2, 0.25) is 0 Å². The summed E-state index contributed by atoms with van der Waals surface area (Å²) in [4.78, 5) is 19.0. The number of carbonyl (C=O) groups is 1. The number of anilines is 1. The van der Waals surface area contributed by atoms with Crippen molar-refractivity contribution in [1.82, 2.24) is 9.88 Å². The van der Waals surface area contributed by atoms with Gasteiger partial charge in [-0.25, -0.2) is 4.98 Å². The molecule has 0 aromatic carbocycles. The summed E-state index contributed by atoms with van der Waals surface area (Å²) in [7, 11) is 0. The van der Waals surface area contributed by atoms with Crippen molar-refractivity contribution in [3.05, 3.63) is 22.3 Å². The highest BCUT2D eigenvalue weighted by Gasteiger charge is 2.20. The van der Waals surface area contributed by atoms with Gasteiger partial charge in [0.2, 0.25) is 0 Å². The first-order valence-electron chi connectivity index (χ1n) is 7.72. The minimum absolute atomic E-state index is 0.0465. The molecule has 0 saturated heterocycles. The second-order valence-electron chi connectivity index (χ2n) is 5.33. The maximum absolute atomic E-state index is 12.8. The molecule has 5 heteroatoms. The SMILES string of the molecule is CCCNc1ncc(Br)cc1C(=O)N(CC)CC(C)CC. The number of carbonyl (C=O) groups excluding carboxylic acids is 1. The highest BCUT2D eigenvalue weighted by atomic mass is 79.9. The number of rotatable bonds is 8. The Balaban J connectivity index is 2.99. The molecule has 0 radical (unpaired) electrons. The molecule has 0 aliphatic heterocycles. The first kappa shape index (κ1) is 18.0. The van der Waals surface area contributed by atoms with Gasteiger partial charge in [-0.2, -0.15) is 0 Å². The van der Waals surface area contributed by atoms with Gasteiger partial charge < -0.3 is 10.2 Å². The molecule has 0 bridgehead atoms. The number of hydrogen-bond donors (Lipinski definition) is 1. The molecule has 1 atom stereocenters. The number of amides is 1. The fraction of sp³-hybridized carbons (Fsp3) is 0.625. The normalized spacial score (nSPS) is 12.0. The topological polar surface area (TPSA) is 45.2 Å². The van der Waals surface area contributed by atoms with Crippen molar-refractivity contribution in [3.8, 4) is 0 Å². The Bertz CT molecular complexity index is 465. The minimum atomic E-state index is 0.0465. The summed E-state index contributed by atoms with van der Waals surface area (Å²) in [6.45, 7) is 10.7. The Labute approximate surface area is 136 Å². The van der Waals surface area contributed by atoms with Gasteiger partial charge >= 0.3 is 0 Å². The van der Waals surface area contributed by atoms with Crippen molar-refractivity contribution >= 4 is 27.7 Å². The highest BCUT2D eigenvalue weighted by Crippen LogP contribution is 2.20. The van der Waals surface area contributed by atoms with Gasteiger partial charge in [-0.3, -0.25) is 4.79 Å². The number of nitrogens with zero attached hydrogens (tertiary/aromatic N) is 2. The van der Waals surface area contributed by atoms with Crippen LogP contribution in [0, 0.1) is 5.92 Å². The third-order valence-corrected chi connectivity index (χ3v) is 3.96. The van der Waals surface area contributed by atoms with Crippen LogP contribution in [0.4, 0.5) is 5.82 Å². The lowest BCUT2D eigenvalue weighted by Crippen LogP contribution is -2.35. The van der Waals surface area contributed by atoms with Crippen LogP contribution < -0.4 is 5.32 Å². The van der Waals surface area contributed by atoms with E-state index in [1.165, 1.54) is 0 Å². The number of aromatic nitrogens is 1. The van der Waals surface area contributed by atoms with Gasteiger partial charge in [0.05, 0.1) is 5.56 Å². The Morgan fingerprint density at radius 3 is 2.71 bits per heavy atom. The third-order valence-electron chi connectivity index (χ3n) is 3.53. The summed E-state index contributed by atoms with van der Waals surface area (Å²) >= 11 is 3.41. The number of hydrogen-bond acceptors (Lipinski definition) is 3. The predicted octanol–water partition coefficient (Wildman–Crippen LogP) is 4.17. The van der Waals surface area contributed by atoms with Gasteiger partial charge in [0, 0.05) is 30.3 Å². The van der Waals surface area contributed by atoms with E-state index < -0.39 is 0 Å². The smallest absolute Gasteiger partial charge is 0.257 e. The Morgan fingerprint density at radius 1 is 1.43 bits per heavy atom. The van der Waals surface area contributed by atoms with Gasteiger partial charge in [0.15, 0.2) is 0 Å². The van der Waals surface area contributed by atoms with Crippen LogP contribution in [-0.4, -0.2) is 35.4 Å². The van der Waals surface area contributed by atoms with Crippen molar-refractivity contribution in [1.29, 1.82) is 0 Å². The summed E-state index contributed by atoms with van der Waals surface area (Å²) in [5, 5.41) is 3.24. The lowest BCUT2D eigenvalue weighted by molar-refractivity contribution is 0.0741. The van der Waals surface area contributed by atoms with Gasteiger partial charge in [0.1, 0.15) is 5.82 Å². The lowest BCUT2D eigenvalue weighted by atomic mass is 10.1. The van der Waals surface area contributed by atoms with E-state index in [1.807, 2.05) is 17.9 Å². The van der Waals surface area contributed by atoms with Crippen LogP contribution in [0.1, 0.15) is 50.9 Å². The molecule has 1 aromatic heterocycles. The summed E-state index contributed by atoms with van der Waals surface area (Å²) < 4.78 is 0.826. The quantitative estimate of drug-likeness (QED) is 0.760. The van der Waals surface area contributed by atoms with Gasteiger partial charge in [0.25, 0.3) is 5.91 Å². The van der Waals surface area contributed by atoms with E-state index in [0.29, 0.717) is 23.8 Å².